The van der Waals surface area contributed by atoms with Gasteiger partial charge in [0.25, 0.3) is 5.91 Å². The molecule has 0 saturated carbocycles. The van der Waals surface area contributed by atoms with Crippen LogP contribution in [0.2, 0.25) is 5.02 Å². The molecule has 1 amide bonds. The Bertz CT molecular complexity index is 760. The number of amides is 1. The van der Waals surface area contributed by atoms with Crippen molar-refractivity contribution in [2.45, 2.75) is 0 Å². The van der Waals surface area contributed by atoms with Crippen LogP contribution in [-0.4, -0.2) is 25.7 Å². The minimum absolute atomic E-state index is 0.216. The zero-order valence-electron chi connectivity index (χ0n) is 10.0. The second-order valence-electron chi connectivity index (χ2n) is 4.03. The second-order valence-corrected chi connectivity index (χ2v) is 4.44. The van der Waals surface area contributed by atoms with Crippen LogP contribution >= 0.6 is 11.6 Å². The van der Waals surface area contributed by atoms with Gasteiger partial charge >= 0.3 is 0 Å². The number of aryl methyl sites for hydroxylation is 1. The summed E-state index contributed by atoms with van der Waals surface area (Å²) < 4.78 is 1.80. The maximum Gasteiger partial charge on any atom is 0.277 e. The van der Waals surface area contributed by atoms with E-state index in [0.717, 1.165) is 11.0 Å². The molecule has 7 heteroatoms. The Hall–Kier alpha value is -2.34. The quantitative estimate of drug-likeness (QED) is 0.753. The highest BCUT2D eigenvalue weighted by Gasteiger charge is 2.15. The first-order valence-electron chi connectivity index (χ1n) is 5.58. The molecule has 0 radical (unpaired) electrons. The summed E-state index contributed by atoms with van der Waals surface area (Å²) in [5, 5.41) is 9.23. The standard InChI is InChI=1S/C12H10ClN5O/c1-18-9-5-3-2-4-8(9)15-12(18)16-11(19)10-7(13)6-14-17-10/h2-6H,1H3,(H,14,17)(H,15,16,19). The highest BCUT2D eigenvalue weighted by Crippen LogP contribution is 2.19. The van der Waals surface area contributed by atoms with E-state index in [1.165, 1.54) is 6.20 Å². The number of fused-ring (bicyclic) bond motifs is 1. The third kappa shape index (κ3) is 1.96. The predicted octanol–water partition coefficient (Wildman–Crippen LogP) is 2.20. The van der Waals surface area contributed by atoms with Gasteiger partial charge in [-0.2, -0.15) is 5.10 Å². The molecular weight excluding hydrogens is 266 g/mol. The van der Waals surface area contributed by atoms with E-state index in [4.69, 9.17) is 11.6 Å². The SMILES string of the molecule is Cn1c(NC(=O)c2[nH]ncc2Cl)nc2ccccc21. The third-order valence-electron chi connectivity index (χ3n) is 2.83. The summed E-state index contributed by atoms with van der Waals surface area (Å²) in [5.74, 6) is 0.0813. The highest BCUT2D eigenvalue weighted by atomic mass is 35.5. The second kappa shape index (κ2) is 4.40. The van der Waals surface area contributed by atoms with Crippen molar-refractivity contribution in [3.05, 3.63) is 41.2 Å². The molecule has 2 N–H and O–H groups in total. The first-order valence-corrected chi connectivity index (χ1v) is 5.96. The van der Waals surface area contributed by atoms with Crippen molar-refractivity contribution < 1.29 is 4.79 Å². The molecule has 0 bridgehead atoms. The summed E-state index contributed by atoms with van der Waals surface area (Å²) in [7, 11) is 1.83. The van der Waals surface area contributed by atoms with Crippen LogP contribution in [0.15, 0.2) is 30.5 Å². The van der Waals surface area contributed by atoms with Crippen molar-refractivity contribution in [2.24, 2.45) is 7.05 Å². The van der Waals surface area contributed by atoms with Gasteiger partial charge in [0.1, 0.15) is 5.69 Å². The summed E-state index contributed by atoms with van der Waals surface area (Å²) in [5.41, 5.74) is 1.97. The van der Waals surface area contributed by atoms with Crippen molar-refractivity contribution in [3.8, 4) is 0 Å². The number of halogens is 1. The molecule has 2 heterocycles. The van der Waals surface area contributed by atoms with E-state index in [2.05, 4.69) is 20.5 Å². The fourth-order valence-electron chi connectivity index (χ4n) is 1.85. The topological polar surface area (TPSA) is 75.6 Å². The Labute approximate surface area is 113 Å². The Kier molecular flexibility index (Phi) is 2.72. The molecular formula is C12H10ClN5O. The van der Waals surface area contributed by atoms with Gasteiger partial charge in [0.2, 0.25) is 5.95 Å². The lowest BCUT2D eigenvalue weighted by molar-refractivity contribution is 0.102. The van der Waals surface area contributed by atoms with Crippen LogP contribution in [-0.2, 0) is 7.05 Å². The Morgan fingerprint density at radius 1 is 1.42 bits per heavy atom. The van der Waals surface area contributed by atoms with E-state index in [1.54, 1.807) is 4.57 Å². The van der Waals surface area contributed by atoms with Gasteiger partial charge in [-0.3, -0.25) is 15.2 Å². The smallest absolute Gasteiger partial charge is 0.277 e. The minimum atomic E-state index is -0.374. The predicted molar refractivity (Wildman–Crippen MR) is 72.3 cm³/mol. The number of nitrogens with zero attached hydrogens (tertiary/aromatic N) is 3. The molecule has 3 rings (SSSR count). The number of hydrogen-bond donors (Lipinski definition) is 2. The van der Waals surface area contributed by atoms with Gasteiger partial charge in [0.15, 0.2) is 0 Å². The van der Waals surface area contributed by atoms with E-state index >= 15 is 0 Å². The average Bonchev–Trinajstić information content (AvgIpc) is 2.95. The molecule has 0 spiro atoms. The van der Waals surface area contributed by atoms with Crippen molar-refractivity contribution >= 4 is 34.5 Å². The molecule has 1 aromatic carbocycles. The number of H-pyrrole nitrogens is 1. The van der Waals surface area contributed by atoms with Crippen molar-refractivity contribution in [1.29, 1.82) is 0 Å². The maximum atomic E-state index is 12.0. The van der Waals surface area contributed by atoms with Crippen LogP contribution in [0.3, 0.4) is 0 Å². The molecule has 3 aromatic rings. The Morgan fingerprint density at radius 2 is 2.21 bits per heavy atom. The summed E-state index contributed by atoms with van der Waals surface area (Å²) in [4.78, 5) is 16.4. The lowest BCUT2D eigenvalue weighted by Gasteiger charge is -2.03. The monoisotopic (exact) mass is 275 g/mol. The molecule has 0 aliphatic carbocycles. The molecule has 0 saturated heterocycles. The first kappa shape index (κ1) is 11.7. The number of aromatic nitrogens is 4. The van der Waals surface area contributed by atoms with E-state index in [0.29, 0.717) is 5.95 Å². The summed E-state index contributed by atoms with van der Waals surface area (Å²) in [6.45, 7) is 0. The van der Waals surface area contributed by atoms with E-state index < -0.39 is 0 Å². The van der Waals surface area contributed by atoms with E-state index in [1.807, 2.05) is 31.3 Å². The molecule has 96 valence electrons. The summed E-state index contributed by atoms with van der Waals surface area (Å²) in [6.07, 6.45) is 1.38. The molecule has 2 aromatic heterocycles. The minimum Gasteiger partial charge on any atom is -0.313 e. The molecule has 0 fully saturated rings. The van der Waals surface area contributed by atoms with Gasteiger partial charge < -0.3 is 4.57 Å². The number of carbonyl (C=O) groups excluding carboxylic acids is 1. The zero-order valence-corrected chi connectivity index (χ0v) is 10.8. The van der Waals surface area contributed by atoms with Crippen LogP contribution in [0, 0.1) is 0 Å². The van der Waals surface area contributed by atoms with E-state index in [-0.39, 0.29) is 16.6 Å². The number of rotatable bonds is 2. The van der Waals surface area contributed by atoms with Crippen molar-refractivity contribution in [1.82, 2.24) is 19.7 Å². The number of carbonyl (C=O) groups is 1. The number of para-hydroxylation sites is 2. The largest absolute Gasteiger partial charge is 0.313 e. The van der Waals surface area contributed by atoms with Gasteiger partial charge in [-0.05, 0) is 12.1 Å². The van der Waals surface area contributed by atoms with Gasteiger partial charge in [0.05, 0.1) is 22.3 Å². The lowest BCUT2D eigenvalue weighted by Crippen LogP contribution is -2.15. The number of hydrogen-bond acceptors (Lipinski definition) is 3. The van der Waals surface area contributed by atoms with Crippen LogP contribution in [0.4, 0.5) is 5.95 Å². The van der Waals surface area contributed by atoms with E-state index in [9.17, 15) is 4.79 Å². The summed E-state index contributed by atoms with van der Waals surface area (Å²) >= 11 is 5.84. The fourth-order valence-corrected chi connectivity index (χ4v) is 2.03. The van der Waals surface area contributed by atoms with Crippen LogP contribution in [0.1, 0.15) is 10.5 Å². The Balaban J connectivity index is 1.96. The van der Waals surface area contributed by atoms with Gasteiger partial charge in [-0.15, -0.1) is 0 Å². The van der Waals surface area contributed by atoms with Crippen LogP contribution in [0.25, 0.3) is 11.0 Å². The number of nitrogens with one attached hydrogen (secondary N) is 2. The molecule has 0 aliphatic heterocycles. The normalized spacial score (nSPS) is 10.8. The summed E-state index contributed by atoms with van der Waals surface area (Å²) in [6, 6.07) is 7.63. The Morgan fingerprint density at radius 3 is 2.89 bits per heavy atom. The van der Waals surface area contributed by atoms with Gasteiger partial charge in [-0.25, -0.2) is 4.98 Å². The molecule has 0 atom stereocenters. The molecule has 0 unspecified atom stereocenters. The fraction of sp³-hybridized carbons (Fsp3) is 0.0833. The van der Waals surface area contributed by atoms with Crippen LogP contribution in [0.5, 0.6) is 0 Å². The van der Waals surface area contributed by atoms with Crippen molar-refractivity contribution in [2.75, 3.05) is 5.32 Å². The number of aromatic amines is 1. The number of imidazole rings is 1. The number of benzene rings is 1. The van der Waals surface area contributed by atoms with Gasteiger partial charge in [-0.1, -0.05) is 23.7 Å². The highest BCUT2D eigenvalue weighted by molar-refractivity contribution is 6.34. The van der Waals surface area contributed by atoms with Crippen molar-refractivity contribution in [3.63, 3.8) is 0 Å². The van der Waals surface area contributed by atoms with Crippen LogP contribution < -0.4 is 5.32 Å². The lowest BCUT2D eigenvalue weighted by atomic mass is 10.3. The maximum absolute atomic E-state index is 12.0. The van der Waals surface area contributed by atoms with Gasteiger partial charge in [0, 0.05) is 7.05 Å². The molecule has 6 nitrogen and oxygen atoms in total. The third-order valence-corrected chi connectivity index (χ3v) is 3.12. The first-order chi connectivity index (χ1) is 9.16. The zero-order chi connectivity index (χ0) is 13.4. The average molecular weight is 276 g/mol. The molecule has 0 aliphatic rings. The number of anilines is 1. The molecule has 19 heavy (non-hydrogen) atoms.